The van der Waals surface area contributed by atoms with Gasteiger partial charge in [0.15, 0.2) is 23.9 Å². The highest BCUT2D eigenvalue weighted by Crippen LogP contribution is 2.37. The fourth-order valence-electron chi connectivity index (χ4n) is 2.54. The second-order valence-corrected chi connectivity index (χ2v) is 6.03. The van der Waals surface area contributed by atoms with Crippen molar-refractivity contribution in [3.8, 4) is 17.6 Å². The molecule has 0 aliphatic carbocycles. The van der Waals surface area contributed by atoms with E-state index in [0.29, 0.717) is 22.6 Å². The number of ketones is 1. The highest BCUT2D eigenvalue weighted by Gasteiger charge is 2.20. The fraction of sp³-hybridized carbons (Fsp3) is 0.143. The molecule has 0 atom stereocenters. The minimum Gasteiger partial charge on any atom is -0.454 e. The second-order valence-electron chi connectivity index (χ2n) is 6.03. The molecule has 1 heterocycles. The van der Waals surface area contributed by atoms with Gasteiger partial charge in [0.05, 0.1) is 17.3 Å². The minimum atomic E-state index is -0.706. The van der Waals surface area contributed by atoms with E-state index in [2.05, 4.69) is 5.32 Å². The summed E-state index contributed by atoms with van der Waals surface area (Å²) in [5.41, 5.74) is 1.72. The molecule has 0 saturated carbocycles. The van der Waals surface area contributed by atoms with Crippen LogP contribution in [0.4, 0.5) is 5.69 Å². The number of hydrogen-bond acceptors (Lipinski definition) is 7. The van der Waals surface area contributed by atoms with E-state index >= 15 is 0 Å². The number of fused-ring (bicyclic) bond motifs is 1. The second kappa shape index (κ2) is 8.71. The monoisotopic (exact) mass is 392 g/mol. The van der Waals surface area contributed by atoms with Crippen LogP contribution in [0.2, 0.25) is 0 Å². The van der Waals surface area contributed by atoms with Crippen molar-refractivity contribution in [1.82, 2.24) is 0 Å². The molecule has 1 amide bonds. The maximum Gasteiger partial charge on any atom is 0.331 e. The fourth-order valence-corrected chi connectivity index (χ4v) is 2.54. The zero-order valence-corrected chi connectivity index (χ0v) is 15.4. The highest BCUT2D eigenvalue weighted by atomic mass is 16.7. The molecule has 8 heteroatoms. The number of rotatable bonds is 6. The van der Waals surface area contributed by atoms with Gasteiger partial charge in [0.2, 0.25) is 6.79 Å². The van der Waals surface area contributed by atoms with Crippen LogP contribution in [0.15, 0.2) is 42.5 Å². The van der Waals surface area contributed by atoms with Gasteiger partial charge in [0.25, 0.3) is 5.91 Å². The van der Waals surface area contributed by atoms with Gasteiger partial charge < -0.3 is 19.5 Å². The molecule has 0 unspecified atom stereocenters. The molecule has 8 nitrogen and oxygen atoms in total. The van der Waals surface area contributed by atoms with E-state index in [1.54, 1.807) is 24.3 Å². The van der Waals surface area contributed by atoms with Crippen LogP contribution in [0.25, 0.3) is 6.08 Å². The van der Waals surface area contributed by atoms with Gasteiger partial charge in [-0.05, 0) is 36.8 Å². The largest absolute Gasteiger partial charge is 0.454 e. The summed E-state index contributed by atoms with van der Waals surface area (Å²) in [5.74, 6) is -0.741. The predicted octanol–water partition coefficient (Wildman–Crippen LogP) is 2.68. The number of carbonyl (C=O) groups is 3. The molecule has 0 saturated heterocycles. The molecule has 0 fully saturated rings. The average molecular weight is 392 g/mol. The number of esters is 1. The summed E-state index contributed by atoms with van der Waals surface area (Å²) in [4.78, 5) is 35.7. The van der Waals surface area contributed by atoms with Gasteiger partial charge >= 0.3 is 5.97 Å². The molecule has 0 bridgehead atoms. The quantitative estimate of drug-likeness (QED) is 0.456. The third-order valence-electron chi connectivity index (χ3n) is 3.96. The summed E-state index contributed by atoms with van der Waals surface area (Å²) in [5, 5.41) is 11.3. The maximum absolute atomic E-state index is 12.1. The van der Waals surface area contributed by atoms with Crippen molar-refractivity contribution in [2.45, 2.75) is 6.92 Å². The zero-order chi connectivity index (χ0) is 20.8. The summed E-state index contributed by atoms with van der Waals surface area (Å²) < 4.78 is 15.4. The third kappa shape index (κ3) is 4.99. The van der Waals surface area contributed by atoms with E-state index in [9.17, 15) is 14.4 Å². The number of Topliss-reactive ketones (excluding diaryl/α,β-unsaturated/α-hetero) is 1. The number of nitrogens with one attached hydrogen (secondary N) is 1. The molecule has 1 aliphatic rings. The highest BCUT2D eigenvalue weighted by molar-refractivity contribution is 6.05. The van der Waals surface area contributed by atoms with Gasteiger partial charge in [-0.1, -0.05) is 12.1 Å². The topological polar surface area (TPSA) is 115 Å². The van der Waals surface area contributed by atoms with E-state index in [0.717, 1.165) is 0 Å². The van der Waals surface area contributed by atoms with Gasteiger partial charge in [-0.15, -0.1) is 0 Å². The first-order valence-electron chi connectivity index (χ1n) is 8.55. The molecule has 146 valence electrons. The Morgan fingerprint density at radius 3 is 2.52 bits per heavy atom. The molecule has 2 aromatic carbocycles. The summed E-state index contributed by atoms with van der Waals surface area (Å²) in [6.07, 6.45) is 2.68. The Bertz CT molecular complexity index is 1030. The van der Waals surface area contributed by atoms with Gasteiger partial charge in [-0.3, -0.25) is 9.59 Å². The summed E-state index contributed by atoms with van der Waals surface area (Å²) in [6.45, 7) is 0.872. The van der Waals surface area contributed by atoms with E-state index in [1.165, 1.54) is 31.2 Å². The number of nitrogens with zero attached hydrogens (tertiary/aromatic N) is 1. The maximum atomic E-state index is 12.1. The van der Waals surface area contributed by atoms with Crippen LogP contribution in [0, 0.1) is 11.3 Å². The molecule has 3 rings (SSSR count). The smallest absolute Gasteiger partial charge is 0.331 e. The lowest BCUT2D eigenvalue weighted by atomic mass is 10.1. The molecule has 29 heavy (non-hydrogen) atoms. The summed E-state index contributed by atoms with van der Waals surface area (Å²) in [6, 6.07) is 11.6. The lowest BCUT2D eigenvalue weighted by Gasteiger charge is -2.10. The third-order valence-corrected chi connectivity index (χ3v) is 3.96. The number of carbonyl (C=O) groups excluding carboxylic acids is 3. The van der Waals surface area contributed by atoms with Crippen molar-refractivity contribution in [3.63, 3.8) is 0 Å². The number of anilines is 1. The van der Waals surface area contributed by atoms with Crippen LogP contribution in [-0.4, -0.2) is 31.1 Å². The Morgan fingerprint density at radius 2 is 1.86 bits per heavy atom. The molecule has 1 aliphatic heterocycles. The summed E-state index contributed by atoms with van der Waals surface area (Å²) in [7, 11) is 0. The van der Waals surface area contributed by atoms with Gasteiger partial charge in [-0.25, -0.2) is 4.79 Å². The van der Waals surface area contributed by atoms with E-state index in [1.807, 2.05) is 6.07 Å². The molecule has 0 aromatic heterocycles. The van der Waals surface area contributed by atoms with Crippen molar-refractivity contribution in [1.29, 1.82) is 5.26 Å². The first-order chi connectivity index (χ1) is 14.0. The Morgan fingerprint density at radius 1 is 1.17 bits per heavy atom. The van der Waals surface area contributed by atoms with Crippen molar-refractivity contribution in [2.75, 3.05) is 18.7 Å². The number of benzene rings is 2. The molecule has 0 radical (unpaired) electrons. The lowest BCUT2D eigenvalue weighted by Crippen LogP contribution is -2.21. The van der Waals surface area contributed by atoms with E-state index in [-0.39, 0.29) is 23.8 Å². The normalized spacial score (nSPS) is 11.7. The average Bonchev–Trinajstić information content (AvgIpc) is 3.17. The van der Waals surface area contributed by atoms with E-state index in [4.69, 9.17) is 19.5 Å². The first kappa shape index (κ1) is 19.6. The van der Waals surface area contributed by atoms with Crippen molar-refractivity contribution < 1.29 is 28.6 Å². The molecular weight excluding hydrogens is 376 g/mol. The van der Waals surface area contributed by atoms with Crippen molar-refractivity contribution in [2.24, 2.45) is 0 Å². The number of hydrogen-bond donors (Lipinski definition) is 1. The van der Waals surface area contributed by atoms with Gasteiger partial charge in [-0.2, -0.15) is 5.26 Å². The zero-order valence-electron chi connectivity index (χ0n) is 15.4. The van der Waals surface area contributed by atoms with Crippen LogP contribution < -0.4 is 14.8 Å². The Hall–Kier alpha value is -4.12. The van der Waals surface area contributed by atoms with Crippen LogP contribution in [0.1, 0.15) is 28.4 Å². The van der Waals surface area contributed by atoms with Crippen LogP contribution in [0.5, 0.6) is 11.5 Å². The minimum absolute atomic E-state index is 0.0350. The molecule has 2 aromatic rings. The van der Waals surface area contributed by atoms with Gasteiger partial charge in [0, 0.05) is 17.7 Å². The predicted molar refractivity (Wildman–Crippen MR) is 102 cm³/mol. The van der Waals surface area contributed by atoms with E-state index < -0.39 is 18.5 Å². The lowest BCUT2D eigenvalue weighted by molar-refractivity contribution is -0.142. The molecule has 1 N–H and O–H groups in total. The van der Waals surface area contributed by atoms with Crippen molar-refractivity contribution in [3.05, 3.63) is 59.2 Å². The number of amides is 1. The van der Waals surface area contributed by atoms with Crippen LogP contribution in [-0.2, 0) is 14.3 Å². The molecule has 0 spiro atoms. The van der Waals surface area contributed by atoms with Crippen LogP contribution >= 0.6 is 0 Å². The standard InChI is InChI=1S/C21H16N2O6/c1-13(24)16-8-18-19(29-12-28-18)9-17(16)23-20(25)11-27-21(26)7-6-14-2-4-15(10-22)5-3-14/h2-9H,11-12H2,1H3,(H,23,25)/b7-6+. The SMILES string of the molecule is CC(=O)c1cc2c(cc1NC(=O)COC(=O)/C=C/c1ccc(C#N)cc1)OCO2. The molecular formula is C21H16N2O6. The van der Waals surface area contributed by atoms with Crippen molar-refractivity contribution >= 4 is 29.4 Å². The van der Waals surface area contributed by atoms with Gasteiger partial charge in [0.1, 0.15) is 0 Å². The Balaban J connectivity index is 1.57. The van der Waals surface area contributed by atoms with Crippen LogP contribution in [0.3, 0.4) is 0 Å². The Labute approximate surface area is 166 Å². The summed E-state index contributed by atoms with van der Waals surface area (Å²) >= 11 is 0. The number of ether oxygens (including phenoxy) is 3. The first-order valence-corrected chi connectivity index (χ1v) is 8.55. The number of nitriles is 1. The Kier molecular flexibility index (Phi) is 5.90.